The van der Waals surface area contributed by atoms with E-state index >= 15 is 0 Å². The van der Waals surface area contributed by atoms with Gasteiger partial charge in [-0.1, -0.05) is 29.8 Å². The summed E-state index contributed by atoms with van der Waals surface area (Å²) in [5, 5.41) is 6.28. The molecule has 32 heavy (non-hydrogen) atoms. The van der Waals surface area contributed by atoms with Gasteiger partial charge in [-0.15, -0.1) is 0 Å². The number of alkyl halides is 3. The molecule has 0 bridgehead atoms. The number of carbonyl (C=O) groups is 2. The van der Waals surface area contributed by atoms with E-state index in [-0.39, 0.29) is 11.5 Å². The molecular weight excluding hydrogens is 441 g/mol. The number of amides is 1. The first-order chi connectivity index (χ1) is 15.1. The van der Waals surface area contributed by atoms with Gasteiger partial charge in [0.25, 0.3) is 5.91 Å². The Kier molecular flexibility index (Phi) is 5.86. The molecule has 1 heterocycles. The molecule has 8 heteroatoms. The molecule has 0 aromatic heterocycles. The maximum Gasteiger partial charge on any atom is 0.416 e. The van der Waals surface area contributed by atoms with Crippen molar-refractivity contribution in [1.29, 1.82) is 0 Å². The number of halogens is 4. The topological polar surface area (TPSA) is 58.2 Å². The molecule has 0 saturated carbocycles. The molecule has 1 aliphatic heterocycles. The second kappa shape index (κ2) is 8.47. The second-order valence-electron chi connectivity index (χ2n) is 7.85. The van der Waals surface area contributed by atoms with E-state index in [1.165, 1.54) is 12.1 Å². The van der Waals surface area contributed by atoms with Crippen molar-refractivity contribution in [1.82, 2.24) is 5.32 Å². The van der Waals surface area contributed by atoms with Crippen LogP contribution in [0.2, 0.25) is 5.02 Å². The van der Waals surface area contributed by atoms with Gasteiger partial charge < -0.3 is 10.6 Å². The predicted octanol–water partition coefficient (Wildman–Crippen LogP) is 5.97. The highest BCUT2D eigenvalue weighted by molar-refractivity contribution is 6.30. The van der Waals surface area contributed by atoms with Gasteiger partial charge in [0.2, 0.25) is 0 Å². The van der Waals surface area contributed by atoms with Crippen LogP contribution in [-0.2, 0) is 15.8 Å². The third-order valence-corrected chi connectivity index (χ3v) is 5.92. The van der Waals surface area contributed by atoms with Crippen LogP contribution in [0.3, 0.4) is 0 Å². The zero-order valence-electron chi connectivity index (χ0n) is 17.1. The fraction of sp³-hybridized carbons (Fsp3) is 0.250. The normalized spacial score (nSPS) is 18.9. The molecule has 166 valence electrons. The second-order valence-corrected chi connectivity index (χ2v) is 8.29. The fourth-order valence-electron chi connectivity index (χ4n) is 4.24. The van der Waals surface area contributed by atoms with Crippen LogP contribution in [0.4, 0.5) is 18.9 Å². The van der Waals surface area contributed by atoms with E-state index in [4.69, 9.17) is 11.6 Å². The number of benzene rings is 2. The summed E-state index contributed by atoms with van der Waals surface area (Å²) in [5.74, 6) is -1.25. The first-order valence-corrected chi connectivity index (χ1v) is 10.5. The zero-order valence-corrected chi connectivity index (χ0v) is 17.9. The number of allylic oxidation sites excluding steroid dienone is 3. The van der Waals surface area contributed by atoms with Gasteiger partial charge >= 0.3 is 6.18 Å². The Morgan fingerprint density at radius 1 is 1.12 bits per heavy atom. The van der Waals surface area contributed by atoms with Gasteiger partial charge in [0.05, 0.1) is 5.56 Å². The number of dihydropyridines is 1. The molecule has 2 aliphatic rings. The van der Waals surface area contributed by atoms with E-state index in [0.29, 0.717) is 40.3 Å². The number of nitrogens with one attached hydrogen (secondary N) is 2. The van der Waals surface area contributed by atoms with Gasteiger partial charge in [0, 0.05) is 45.6 Å². The molecule has 1 atom stereocenters. The summed E-state index contributed by atoms with van der Waals surface area (Å²) < 4.78 is 39.2. The number of hydrogen-bond acceptors (Lipinski definition) is 3. The lowest BCUT2D eigenvalue weighted by molar-refractivity contribution is -0.137. The summed E-state index contributed by atoms with van der Waals surface area (Å²) in [7, 11) is 0. The number of ketones is 1. The summed E-state index contributed by atoms with van der Waals surface area (Å²) >= 11 is 6.03. The van der Waals surface area contributed by atoms with Crippen LogP contribution < -0.4 is 10.6 Å². The maximum atomic E-state index is 13.3. The lowest BCUT2D eigenvalue weighted by atomic mass is 9.75. The van der Waals surface area contributed by atoms with Crippen molar-refractivity contribution in [3.8, 4) is 0 Å². The molecule has 2 N–H and O–H groups in total. The minimum absolute atomic E-state index is 0.0229. The van der Waals surface area contributed by atoms with E-state index in [9.17, 15) is 22.8 Å². The number of carbonyl (C=O) groups excluding carboxylic acids is 2. The molecule has 4 nitrogen and oxygen atoms in total. The average molecular weight is 461 g/mol. The number of rotatable bonds is 3. The van der Waals surface area contributed by atoms with Crippen LogP contribution in [0.5, 0.6) is 0 Å². The molecule has 0 unspecified atom stereocenters. The Labute approximate surface area is 188 Å². The van der Waals surface area contributed by atoms with E-state index in [1.807, 2.05) is 0 Å². The molecule has 2 aromatic rings. The van der Waals surface area contributed by atoms with Crippen molar-refractivity contribution < 1.29 is 22.8 Å². The summed E-state index contributed by atoms with van der Waals surface area (Å²) in [6.45, 7) is 1.73. The van der Waals surface area contributed by atoms with Crippen LogP contribution in [0, 0.1) is 0 Å². The monoisotopic (exact) mass is 460 g/mol. The van der Waals surface area contributed by atoms with Gasteiger partial charge in [-0.3, -0.25) is 9.59 Å². The number of Topliss-reactive ketones (excluding diaryl/α,β-unsaturated/α-hetero) is 1. The Hall–Kier alpha value is -3.06. The SMILES string of the molecule is CC1=C(C(=O)Nc2cccc(C(F)(F)F)c2)[C@@H](c2ccc(Cl)cc2)C2=C(CCCC2=O)N1. The fourth-order valence-corrected chi connectivity index (χ4v) is 4.37. The molecule has 0 spiro atoms. The van der Waals surface area contributed by atoms with Gasteiger partial charge in [0.1, 0.15) is 0 Å². The predicted molar refractivity (Wildman–Crippen MR) is 116 cm³/mol. The molecule has 0 radical (unpaired) electrons. The molecule has 4 rings (SSSR count). The van der Waals surface area contributed by atoms with E-state index < -0.39 is 23.6 Å². The first-order valence-electron chi connectivity index (χ1n) is 10.1. The van der Waals surface area contributed by atoms with Crippen molar-refractivity contribution in [3.05, 3.63) is 87.2 Å². The van der Waals surface area contributed by atoms with Gasteiger partial charge in [-0.05, 0) is 55.7 Å². The first kappa shape index (κ1) is 22.1. The van der Waals surface area contributed by atoms with E-state index in [0.717, 1.165) is 24.3 Å². The Balaban J connectivity index is 1.75. The average Bonchev–Trinajstić information content (AvgIpc) is 2.73. The number of anilines is 1. The molecule has 2 aromatic carbocycles. The maximum absolute atomic E-state index is 13.3. The Morgan fingerprint density at radius 2 is 1.84 bits per heavy atom. The van der Waals surface area contributed by atoms with Crippen LogP contribution in [0.15, 0.2) is 71.1 Å². The summed E-state index contributed by atoms with van der Waals surface area (Å²) in [5.41, 5.74) is 2.04. The third-order valence-electron chi connectivity index (χ3n) is 5.67. The van der Waals surface area contributed by atoms with Crippen molar-refractivity contribution in [2.45, 2.75) is 38.3 Å². The molecule has 1 amide bonds. The highest BCUT2D eigenvalue weighted by Gasteiger charge is 2.38. The van der Waals surface area contributed by atoms with Gasteiger partial charge in [-0.25, -0.2) is 0 Å². The lowest BCUT2D eigenvalue weighted by Gasteiger charge is -2.34. The third kappa shape index (κ3) is 4.30. The smallest absolute Gasteiger partial charge is 0.362 e. The van der Waals surface area contributed by atoms with Crippen LogP contribution in [0.1, 0.15) is 43.2 Å². The quantitative estimate of drug-likeness (QED) is 0.593. The summed E-state index contributed by atoms with van der Waals surface area (Å²) in [6, 6.07) is 11.3. The zero-order chi connectivity index (χ0) is 23.0. The van der Waals surface area contributed by atoms with Gasteiger partial charge in [0.15, 0.2) is 5.78 Å². The van der Waals surface area contributed by atoms with E-state index in [1.54, 1.807) is 31.2 Å². The van der Waals surface area contributed by atoms with Crippen molar-refractivity contribution >= 4 is 29.0 Å². The lowest BCUT2D eigenvalue weighted by Crippen LogP contribution is -2.35. The van der Waals surface area contributed by atoms with Crippen molar-refractivity contribution in [3.63, 3.8) is 0 Å². The highest BCUT2D eigenvalue weighted by atomic mass is 35.5. The highest BCUT2D eigenvalue weighted by Crippen LogP contribution is 2.42. The molecule has 1 aliphatic carbocycles. The van der Waals surface area contributed by atoms with Crippen LogP contribution >= 0.6 is 11.6 Å². The molecular formula is C24H20ClF3N2O2. The van der Waals surface area contributed by atoms with Crippen molar-refractivity contribution in [2.24, 2.45) is 0 Å². The Morgan fingerprint density at radius 3 is 2.53 bits per heavy atom. The van der Waals surface area contributed by atoms with Gasteiger partial charge in [-0.2, -0.15) is 13.2 Å². The van der Waals surface area contributed by atoms with Crippen LogP contribution in [-0.4, -0.2) is 11.7 Å². The number of hydrogen-bond donors (Lipinski definition) is 2. The van der Waals surface area contributed by atoms with Crippen molar-refractivity contribution in [2.75, 3.05) is 5.32 Å². The largest absolute Gasteiger partial charge is 0.416 e. The molecule has 0 saturated heterocycles. The van der Waals surface area contributed by atoms with Crippen LogP contribution in [0.25, 0.3) is 0 Å². The summed E-state index contributed by atoms with van der Waals surface area (Å²) in [6.07, 6.45) is -2.74. The van der Waals surface area contributed by atoms with E-state index in [2.05, 4.69) is 10.6 Å². The standard InChI is InChI=1S/C24H20ClF3N2O2/c1-13-20(23(32)30-17-5-2-4-15(12-17)24(26,27)28)21(14-8-10-16(25)11-9-14)22-18(29-13)6-3-7-19(22)31/h2,4-5,8-12,21,29H,3,6-7H2,1H3,(H,30,32)/t21-/m1/s1. The summed E-state index contributed by atoms with van der Waals surface area (Å²) in [4.78, 5) is 26.2. The Bertz CT molecular complexity index is 1150. The minimum Gasteiger partial charge on any atom is -0.362 e. The molecule has 0 fully saturated rings. The minimum atomic E-state index is -4.53.